The number of nitrogens with zero attached hydrogens (tertiary/aromatic N) is 1. The number of likely N-dealkylation sites (N-methyl/N-ethyl adjacent to an activating group) is 1. The van der Waals surface area contributed by atoms with Gasteiger partial charge in [0.15, 0.2) is 0 Å². The molecule has 0 saturated carbocycles. The van der Waals surface area contributed by atoms with E-state index in [4.69, 9.17) is 4.74 Å². The molecule has 0 bridgehead atoms. The molecule has 0 aliphatic carbocycles. The van der Waals surface area contributed by atoms with Crippen LogP contribution >= 0.6 is 0 Å². The van der Waals surface area contributed by atoms with Gasteiger partial charge in [-0.2, -0.15) is 0 Å². The summed E-state index contributed by atoms with van der Waals surface area (Å²) in [5.74, 6) is 0.438. The fourth-order valence-corrected chi connectivity index (χ4v) is 1.85. The highest BCUT2D eigenvalue weighted by atomic mass is 16.5. The molecule has 0 aliphatic rings. The second-order valence-electron chi connectivity index (χ2n) is 4.61. The van der Waals surface area contributed by atoms with E-state index < -0.39 is 6.03 Å². The molecule has 0 fully saturated rings. The van der Waals surface area contributed by atoms with Crippen LogP contribution in [0.25, 0.3) is 0 Å². The second-order valence-corrected chi connectivity index (χ2v) is 4.61. The lowest BCUT2D eigenvalue weighted by molar-refractivity contribution is -0.120. The maximum Gasteiger partial charge on any atom is 0.321 e. The average Bonchev–Trinajstić information content (AvgIpc) is 2.38. The van der Waals surface area contributed by atoms with Gasteiger partial charge in [0.25, 0.3) is 0 Å². The van der Waals surface area contributed by atoms with Gasteiger partial charge < -0.3 is 10.1 Å². The lowest BCUT2D eigenvalue weighted by Gasteiger charge is -2.18. The van der Waals surface area contributed by atoms with Crippen molar-refractivity contribution >= 4 is 11.9 Å². The summed E-state index contributed by atoms with van der Waals surface area (Å²) in [6.45, 7) is 2.69. The van der Waals surface area contributed by atoms with Gasteiger partial charge in [-0.15, -0.1) is 0 Å². The number of hydrogen-bond donors (Lipinski definition) is 2. The molecule has 1 aromatic rings. The Morgan fingerprint density at radius 1 is 1.35 bits per heavy atom. The number of imide groups is 1. The lowest BCUT2D eigenvalue weighted by atomic mass is 10.1. The van der Waals surface area contributed by atoms with E-state index in [9.17, 15) is 9.59 Å². The van der Waals surface area contributed by atoms with Crippen molar-refractivity contribution in [3.63, 3.8) is 0 Å². The highest BCUT2D eigenvalue weighted by Gasteiger charge is 2.12. The molecular weight excluding hydrogens is 258 g/mol. The van der Waals surface area contributed by atoms with Gasteiger partial charge in [0.2, 0.25) is 5.91 Å². The van der Waals surface area contributed by atoms with E-state index in [1.54, 1.807) is 7.11 Å². The summed E-state index contributed by atoms with van der Waals surface area (Å²) in [6.07, 6.45) is 0. The lowest BCUT2D eigenvalue weighted by Crippen LogP contribution is -2.42. The van der Waals surface area contributed by atoms with Crippen molar-refractivity contribution in [3.05, 3.63) is 29.3 Å². The quantitative estimate of drug-likeness (QED) is 0.840. The summed E-state index contributed by atoms with van der Waals surface area (Å²) in [7, 11) is 4.89. The van der Waals surface area contributed by atoms with Gasteiger partial charge in [-0.1, -0.05) is 17.7 Å². The fraction of sp³-hybridized carbons (Fsp3) is 0.429. The second kappa shape index (κ2) is 7.49. The molecule has 110 valence electrons. The van der Waals surface area contributed by atoms with E-state index in [-0.39, 0.29) is 12.5 Å². The van der Waals surface area contributed by atoms with Crippen molar-refractivity contribution in [1.82, 2.24) is 15.5 Å². The Hall–Kier alpha value is -2.08. The van der Waals surface area contributed by atoms with Gasteiger partial charge in [-0.25, -0.2) is 4.79 Å². The molecule has 0 atom stereocenters. The summed E-state index contributed by atoms with van der Waals surface area (Å²) < 4.78 is 5.30. The van der Waals surface area contributed by atoms with Gasteiger partial charge in [0.1, 0.15) is 5.75 Å². The smallest absolute Gasteiger partial charge is 0.321 e. The van der Waals surface area contributed by atoms with Crippen molar-refractivity contribution in [2.75, 3.05) is 27.7 Å². The number of aryl methyl sites for hydroxylation is 1. The van der Waals surface area contributed by atoms with Gasteiger partial charge >= 0.3 is 6.03 Å². The molecule has 2 N–H and O–H groups in total. The first kappa shape index (κ1) is 16.0. The molecule has 3 amide bonds. The van der Waals surface area contributed by atoms with Gasteiger partial charge in [0.05, 0.1) is 13.7 Å². The molecular formula is C14H21N3O3. The van der Waals surface area contributed by atoms with Crippen LogP contribution in [0.15, 0.2) is 18.2 Å². The van der Waals surface area contributed by atoms with E-state index in [0.717, 1.165) is 16.9 Å². The van der Waals surface area contributed by atoms with E-state index in [1.807, 2.05) is 37.1 Å². The fourth-order valence-electron chi connectivity index (χ4n) is 1.85. The number of methoxy groups -OCH3 is 1. The Kier molecular flexibility index (Phi) is 5.99. The molecule has 0 radical (unpaired) electrons. The first-order valence-electron chi connectivity index (χ1n) is 6.30. The van der Waals surface area contributed by atoms with E-state index in [0.29, 0.717) is 6.54 Å². The largest absolute Gasteiger partial charge is 0.496 e. The third-order valence-electron chi connectivity index (χ3n) is 2.77. The maximum absolute atomic E-state index is 11.6. The number of benzene rings is 1. The summed E-state index contributed by atoms with van der Waals surface area (Å²) in [5.41, 5.74) is 2.13. The van der Waals surface area contributed by atoms with Crippen LogP contribution in [0.1, 0.15) is 11.1 Å². The average molecular weight is 279 g/mol. The van der Waals surface area contributed by atoms with Crippen LogP contribution in [-0.2, 0) is 11.3 Å². The van der Waals surface area contributed by atoms with Crippen molar-refractivity contribution in [2.45, 2.75) is 13.5 Å². The standard InChI is InChI=1S/C14H21N3O3/c1-10-5-6-12(20-4)11(7-10)8-17(3)9-13(18)16-14(19)15-2/h5-7H,8-9H2,1-4H3,(H2,15,16,18,19). The molecule has 0 aliphatic heterocycles. The minimum atomic E-state index is -0.503. The number of ether oxygens (including phenoxy) is 1. The van der Waals surface area contributed by atoms with Crippen LogP contribution in [0.2, 0.25) is 0 Å². The number of amides is 3. The van der Waals surface area contributed by atoms with E-state index >= 15 is 0 Å². The first-order valence-corrected chi connectivity index (χ1v) is 6.30. The van der Waals surface area contributed by atoms with Crippen LogP contribution in [-0.4, -0.2) is 44.6 Å². The van der Waals surface area contributed by atoms with Gasteiger partial charge in [-0.05, 0) is 20.0 Å². The van der Waals surface area contributed by atoms with E-state index in [1.165, 1.54) is 7.05 Å². The number of carbonyl (C=O) groups is 2. The maximum atomic E-state index is 11.6. The zero-order valence-corrected chi connectivity index (χ0v) is 12.3. The molecule has 1 rings (SSSR count). The minimum Gasteiger partial charge on any atom is -0.496 e. The van der Waals surface area contributed by atoms with Crippen LogP contribution in [0, 0.1) is 6.92 Å². The monoisotopic (exact) mass is 279 g/mol. The minimum absolute atomic E-state index is 0.129. The van der Waals surface area contributed by atoms with Crippen molar-refractivity contribution in [2.24, 2.45) is 0 Å². The van der Waals surface area contributed by atoms with Crippen molar-refractivity contribution < 1.29 is 14.3 Å². The molecule has 6 nitrogen and oxygen atoms in total. The number of urea groups is 1. The molecule has 0 unspecified atom stereocenters. The predicted octanol–water partition coefficient (Wildman–Crippen LogP) is 0.891. The number of nitrogens with one attached hydrogen (secondary N) is 2. The molecule has 0 aromatic heterocycles. The zero-order valence-electron chi connectivity index (χ0n) is 12.3. The van der Waals surface area contributed by atoms with Gasteiger partial charge in [-0.3, -0.25) is 15.0 Å². The van der Waals surface area contributed by atoms with Crippen molar-refractivity contribution in [1.29, 1.82) is 0 Å². The highest BCUT2D eigenvalue weighted by Crippen LogP contribution is 2.20. The molecule has 6 heteroatoms. The SMILES string of the molecule is CNC(=O)NC(=O)CN(C)Cc1cc(C)ccc1OC. The summed E-state index contributed by atoms with van der Waals surface area (Å²) in [4.78, 5) is 24.4. The summed E-state index contributed by atoms with van der Waals surface area (Å²) in [6, 6.07) is 5.40. The Morgan fingerprint density at radius 3 is 2.65 bits per heavy atom. The predicted molar refractivity (Wildman–Crippen MR) is 76.7 cm³/mol. The first-order chi connectivity index (χ1) is 9.46. The van der Waals surface area contributed by atoms with Crippen molar-refractivity contribution in [3.8, 4) is 5.75 Å². The Morgan fingerprint density at radius 2 is 2.05 bits per heavy atom. The van der Waals surface area contributed by atoms with E-state index in [2.05, 4.69) is 10.6 Å². The van der Waals surface area contributed by atoms with Crippen LogP contribution in [0.5, 0.6) is 5.75 Å². The van der Waals surface area contributed by atoms with Crippen LogP contribution < -0.4 is 15.4 Å². The number of hydrogen-bond acceptors (Lipinski definition) is 4. The molecule has 20 heavy (non-hydrogen) atoms. The zero-order chi connectivity index (χ0) is 15.1. The topological polar surface area (TPSA) is 70.7 Å². The van der Waals surface area contributed by atoms with Gasteiger partial charge in [0, 0.05) is 19.2 Å². The summed E-state index contributed by atoms with van der Waals surface area (Å²) >= 11 is 0. The Labute approximate surface area is 119 Å². The van der Waals surface area contributed by atoms with Crippen LogP contribution in [0.3, 0.4) is 0 Å². The van der Waals surface area contributed by atoms with Crippen LogP contribution in [0.4, 0.5) is 4.79 Å². The normalized spacial score (nSPS) is 10.2. The number of rotatable bonds is 5. The number of carbonyl (C=O) groups excluding carboxylic acids is 2. The highest BCUT2D eigenvalue weighted by molar-refractivity contribution is 5.95. The molecule has 1 aromatic carbocycles. The third kappa shape index (κ3) is 4.89. The Balaban J connectivity index is 2.62. The molecule has 0 heterocycles. The molecule has 0 saturated heterocycles. The molecule has 0 spiro atoms. The summed E-state index contributed by atoms with van der Waals surface area (Å²) in [5, 5.41) is 4.56. The third-order valence-corrected chi connectivity index (χ3v) is 2.77. The Bertz CT molecular complexity index is 489.